The van der Waals surface area contributed by atoms with Gasteiger partial charge in [-0.25, -0.2) is 14.4 Å². The van der Waals surface area contributed by atoms with Gasteiger partial charge in [0.05, 0.1) is 45.3 Å². The van der Waals surface area contributed by atoms with Gasteiger partial charge in [-0.2, -0.15) is 5.06 Å². The maximum absolute atomic E-state index is 13.8. The van der Waals surface area contributed by atoms with E-state index in [4.69, 9.17) is 4.74 Å². The van der Waals surface area contributed by atoms with E-state index >= 15 is 0 Å². The summed E-state index contributed by atoms with van der Waals surface area (Å²) in [5.41, 5.74) is 14.4. The Morgan fingerprint density at radius 3 is 1.52 bits per heavy atom. The molecule has 25 heteroatoms. The first kappa shape index (κ1) is 74.2. The average Bonchev–Trinajstić information content (AvgIpc) is 1.22. The number of esters is 2. The molecule has 7 amide bonds. The summed E-state index contributed by atoms with van der Waals surface area (Å²) >= 11 is 4.50. The topological polar surface area (TPSA) is 296 Å². The molecule has 7 N–H and O–H groups in total. The second-order valence-electron chi connectivity index (χ2n) is 23.3. The van der Waals surface area contributed by atoms with Crippen LogP contribution in [0.5, 0.6) is 0 Å². The van der Waals surface area contributed by atoms with Gasteiger partial charge in [-0.1, -0.05) is 91.0 Å². The summed E-state index contributed by atoms with van der Waals surface area (Å²) in [7, 11) is 3.77. The summed E-state index contributed by atoms with van der Waals surface area (Å²) in [5.74, 6) is -4.29. The number of halogens is 1. The number of carbonyl (C=O) groups is 9. The summed E-state index contributed by atoms with van der Waals surface area (Å²) in [5, 5.41) is 21.8. The number of ether oxygens (including phenoxy) is 3. The molecule has 0 bridgehead atoms. The van der Waals surface area contributed by atoms with E-state index < -0.39 is 41.2 Å². The normalized spacial score (nSPS) is 14.1. The van der Waals surface area contributed by atoms with E-state index in [0.717, 1.165) is 87.7 Å². The lowest BCUT2D eigenvalue weighted by atomic mass is 9.97. The van der Waals surface area contributed by atoms with Gasteiger partial charge < -0.3 is 44.8 Å². The summed E-state index contributed by atoms with van der Waals surface area (Å²) in [6.45, 7) is 14.1. The Morgan fingerprint density at radius 2 is 0.989 bits per heavy atom. The number of aryl methyl sites for hydroxylation is 2. The predicted molar refractivity (Wildman–Crippen MR) is 362 cm³/mol. The Labute approximate surface area is 558 Å². The van der Waals surface area contributed by atoms with Crippen LogP contribution in [-0.2, 0) is 60.1 Å². The molecule has 0 aromatic heterocycles. The van der Waals surface area contributed by atoms with Gasteiger partial charge in [0.25, 0.3) is 23.6 Å². The minimum Gasteiger partial charge on any atom is -0.466 e. The van der Waals surface area contributed by atoms with Gasteiger partial charge in [0, 0.05) is 112 Å². The Morgan fingerprint density at radius 1 is 0.526 bits per heavy atom. The first-order valence-electron chi connectivity index (χ1n) is 31.1. The number of nitrogens with one attached hydrogen (secondary N) is 6. The molecule has 2 aliphatic heterocycles. The number of anilines is 2. The van der Waals surface area contributed by atoms with Crippen molar-refractivity contribution in [2.75, 3.05) is 83.5 Å². The van der Waals surface area contributed by atoms with Crippen LogP contribution in [-0.4, -0.2) is 148 Å². The smallest absolute Gasteiger partial charge is 0.410 e. The number of amides is 7. The number of fused-ring (bicyclic) bond motifs is 2. The fourth-order valence-electron chi connectivity index (χ4n) is 10.6. The van der Waals surface area contributed by atoms with Crippen LogP contribution >= 0.6 is 11.9 Å². The van der Waals surface area contributed by atoms with E-state index in [1.807, 2.05) is 150 Å². The third-order valence-electron chi connectivity index (χ3n) is 15.3. The predicted octanol–water partition coefficient (Wildman–Crippen LogP) is 8.42. The monoisotopic (exact) mass is 1320 g/mol. The molecule has 95 heavy (non-hydrogen) atoms. The molecule has 0 saturated carbocycles. The maximum atomic E-state index is 13.8. The Bertz CT molecular complexity index is 3720. The van der Waals surface area contributed by atoms with Crippen molar-refractivity contribution >= 4 is 98.3 Å². The molecule has 24 nitrogen and oxygen atoms in total. The number of hydrazine groups is 2. The molecule has 8 rings (SSSR count). The van der Waals surface area contributed by atoms with E-state index in [1.54, 1.807) is 11.0 Å². The molecule has 2 atom stereocenters. The van der Waals surface area contributed by atoms with Crippen LogP contribution in [0.15, 0.2) is 146 Å². The quantitative estimate of drug-likeness (QED) is 0.0184. The molecule has 2 heterocycles. The van der Waals surface area contributed by atoms with E-state index in [0.29, 0.717) is 68.1 Å². The van der Waals surface area contributed by atoms with Gasteiger partial charge >= 0.3 is 18.0 Å². The van der Waals surface area contributed by atoms with Gasteiger partial charge in [-0.3, -0.25) is 54.8 Å². The second kappa shape index (κ2) is 37.1. The number of hydrogen-bond donors (Lipinski definition) is 7. The first-order valence-corrected chi connectivity index (χ1v) is 31.4. The summed E-state index contributed by atoms with van der Waals surface area (Å²) < 4.78 is 18.2. The maximum Gasteiger partial charge on any atom is 0.410 e. The highest BCUT2D eigenvalue weighted by atomic mass is 35.5. The van der Waals surface area contributed by atoms with Gasteiger partial charge in [0.1, 0.15) is 5.60 Å². The number of hydroxylamine groups is 2. The number of rotatable bonds is 18. The highest BCUT2D eigenvalue weighted by molar-refractivity contribution is 6.07. The fraction of sp³-hybridized carbons (Fsp3) is 0.357. The number of benzene rings is 6. The molecular weight excluding hydrogens is 1240 g/mol. The molecule has 0 aliphatic carbocycles. The van der Waals surface area contributed by atoms with Crippen LogP contribution in [0.2, 0.25) is 0 Å². The largest absolute Gasteiger partial charge is 0.466 e. The lowest BCUT2D eigenvalue weighted by Crippen LogP contribution is -2.41. The fourth-order valence-corrected chi connectivity index (χ4v) is 10.6. The molecule has 0 spiro atoms. The number of carbonyl (C=O) groups excluding carboxylic acids is 9. The van der Waals surface area contributed by atoms with Crippen molar-refractivity contribution in [2.45, 2.75) is 90.8 Å². The van der Waals surface area contributed by atoms with Crippen molar-refractivity contribution in [1.82, 2.24) is 42.3 Å². The van der Waals surface area contributed by atoms with E-state index in [2.05, 4.69) is 67.8 Å². The Kier molecular flexibility index (Phi) is 29.0. The first-order chi connectivity index (χ1) is 45.5. The molecular formula is C70H85ClN10O14. The summed E-state index contributed by atoms with van der Waals surface area (Å²) in [6.07, 6.45) is 5.35. The minimum absolute atomic E-state index is 0.00266. The van der Waals surface area contributed by atoms with Crippen molar-refractivity contribution in [3.05, 3.63) is 179 Å². The molecule has 6 aromatic rings. The molecule has 2 fully saturated rings. The van der Waals surface area contributed by atoms with Crippen molar-refractivity contribution in [3.63, 3.8) is 0 Å². The molecule has 2 unspecified atom stereocenters. The van der Waals surface area contributed by atoms with Crippen LogP contribution in [0.4, 0.5) is 16.2 Å². The average molecular weight is 1330 g/mol. The standard InChI is InChI=1S/C37H45N5O7.C32H37N5O6.CH3ClO/c1-25(29-13-8-11-26-10-6-7-12-30(26)29)38-35(46)31-16-15-28(41-20-9-21-42(23-22-41)36(47)49-37(2,3)4)24-27(31)14-17-32(43)39-40-33(44)18-19-34(45)48-5;1-22(26-10-5-8-23-7-3-4-9-27(23)26)33-32(41)28-21-25(36-17-6-18-37(42)20-19-36)13-11-24(28)12-14-29(38)34-35-30(39)15-16-31(40)43-2;1-3-2/h6-8,10-13,15-16,18-19,24-25H,9,14,17,20-23H2,1-5H3,(H,38,46)(H,39,43)(H,40,44);3-5,7-11,13,15-16,21-22,42H,6,12,14,17-20H2,1-2H3,(H,33,41)(H,34,38)(H,35,39);1H3/b19-18+;16-15+;. The van der Waals surface area contributed by atoms with Gasteiger partial charge in [0.2, 0.25) is 11.8 Å². The third-order valence-corrected chi connectivity index (χ3v) is 15.3. The number of methoxy groups -OCH3 is 2. The lowest BCUT2D eigenvalue weighted by Gasteiger charge is -2.27. The molecule has 0 radical (unpaired) electrons. The Balaban J connectivity index is 0.000000291. The van der Waals surface area contributed by atoms with Gasteiger partial charge in [0.15, 0.2) is 0 Å². The zero-order valence-corrected chi connectivity index (χ0v) is 55.6. The molecule has 2 saturated heterocycles. The SMILES string of the molecule is COC(=O)/C=C/C(=O)NNC(=O)CCc1cc(N2CCCN(C(=O)OC(C)(C)C)CC2)ccc1C(=O)NC(C)c1cccc2ccccc12.COC(=O)/C=C/C(=O)NNC(=O)CCc1ccc(N2CCCN(O)CC2)cc1C(=O)NC(C)c1cccc2ccccc12.COCl. The van der Waals surface area contributed by atoms with Gasteiger partial charge in [-0.05, 0) is 134 Å². The van der Waals surface area contributed by atoms with Crippen molar-refractivity contribution in [1.29, 1.82) is 0 Å². The highest BCUT2D eigenvalue weighted by Gasteiger charge is 2.27. The van der Waals surface area contributed by atoms with Crippen molar-refractivity contribution < 1.29 is 66.9 Å². The van der Waals surface area contributed by atoms with Crippen LogP contribution in [0.25, 0.3) is 21.5 Å². The Hall–Kier alpha value is -9.88. The summed E-state index contributed by atoms with van der Waals surface area (Å²) in [6, 6.07) is 38.6. The highest BCUT2D eigenvalue weighted by Crippen LogP contribution is 2.29. The number of nitrogens with zero attached hydrogens (tertiary/aromatic N) is 4. The lowest BCUT2D eigenvalue weighted by molar-refractivity contribution is -0.135. The molecule has 2 aliphatic rings. The zero-order chi connectivity index (χ0) is 69.0. The second-order valence-corrected chi connectivity index (χ2v) is 23.6. The van der Waals surface area contributed by atoms with Gasteiger partial charge in [-0.15, -0.1) is 0 Å². The minimum atomic E-state index is -0.705. The molecule has 506 valence electrons. The summed E-state index contributed by atoms with van der Waals surface area (Å²) in [4.78, 5) is 118. The number of hydrogen-bond acceptors (Lipinski definition) is 17. The van der Waals surface area contributed by atoms with Crippen LogP contribution in [0.1, 0.15) is 115 Å². The van der Waals surface area contributed by atoms with E-state index in [-0.39, 0.29) is 55.7 Å². The van der Waals surface area contributed by atoms with E-state index in [1.165, 1.54) is 26.4 Å². The van der Waals surface area contributed by atoms with Crippen LogP contribution < -0.4 is 42.1 Å². The van der Waals surface area contributed by atoms with E-state index in [9.17, 15) is 48.4 Å². The van der Waals surface area contributed by atoms with Crippen LogP contribution in [0, 0.1) is 0 Å². The van der Waals surface area contributed by atoms with Crippen molar-refractivity contribution in [2.24, 2.45) is 0 Å². The molecule has 6 aromatic carbocycles. The van der Waals surface area contributed by atoms with Crippen LogP contribution in [0.3, 0.4) is 0 Å². The van der Waals surface area contributed by atoms with Crippen molar-refractivity contribution in [3.8, 4) is 0 Å². The third kappa shape index (κ3) is 23.6. The zero-order valence-electron chi connectivity index (χ0n) is 54.8.